The molecule has 3 aromatic rings. The van der Waals surface area contributed by atoms with Crippen LogP contribution < -0.4 is 5.73 Å². The highest BCUT2D eigenvalue weighted by Gasteiger charge is 2.26. The highest BCUT2D eigenvalue weighted by atomic mass is 16.5. The van der Waals surface area contributed by atoms with Crippen molar-refractivity contribution in [3.05, 3.63) is 89.7 Å². The Morgan fingerprint density at radius 2 is 1.76 bits per heavy atom. The maximum atomic E-state index is 12.7. The molecule has 1 aliphatic heterocycles. The minimum absolute atomic E-state index is 0.00112. The number of nitrogens with zero attached hydrogens (tertiary/aromatic N) is 2. The largest absolute Gasteiger partial charge is 0.368 e. The Morgan fingerprint density at radius 1 is 0.966 bits per heavy atom. The number of pyridine rings is 1. The molecule has 2 heterocycles. The molecule has 2 amide bonds. The lowest BCUT2D eigenvalue weighted by atomic mass is 10.0. The van der Waals surface area contributed by atoms with Gasteiger partial charge >= 0.3 is 0 Å². The van der Waals surface area contributed by atoms with Gasteiger partial charge in [-0.1, -0.05) is 36.4 Å². The molecule has 2 aromatic carbocycles. The first-order valence-corrected chi connectivity index (χ1v) is 9.44. The lowest BCUT2D eigenvalue weighted by Crippen LogP contribution is -2.42. The Morgan fingerprint density at radius 3 is 2.48 bits per heavy atom. The summed E-state index contributed by atoms with van der Waals surface area (Å²) in [5.74, 6) is -0.464. The summed E-state index contributed by atoms with van der Waals surface area (Å²) in [5, 5.41) is 0. The first kappa shape index (κ1) is 18.8. The molecular weight excluding hydrogens is 366 g/mol. The molecule has 1 atom stereocenters. The summed E-state index contributed by atoms with van der Waals surface area (Å²) in [5.41, 5.74) is 9.00. The molecule has 0 saturated carbocycles. The van der Waals surface area contributed by atoms with E-state index in [0.29, 0.717) is 30.8 Å². The number of nitrogens with two attached hydrogens (primary N) is 1. The second-order valence-electron chi connectivity index (χ2n) is 6.89. The third-order valence-corrected chi connectivity index (χ3v) is 4.97. The Labute approximate surface area is 168 Å². The topological polar surface area (TPSA) is 85.5 Å². The molecule has 4 rings (SSSR count). The smallest absolute Gasteiger partial charge is 0.254 e. The molecule has 1 aliphatic rings. The predicted octanol–water partition coefficient (Wildman–Crippen LogP) is 3.06. The fourth-order valence-corrected chi connectivity index (χ4v) is 3.39. The van der Waals surface area contributed by atoms with E-state index in [9.17, 15) is 9.59 Å². The fraction of sp³-hybridized carbons (Fsp3) is 0.174. The van der Waals surface area contributed by atoms with E-state index in [1.165, 1.54) is 0 Å². The van der Waals surface area contributed by atoms with Gasteiger partial charge in [0.1, 0.15) is 6.10 Å². The standard InChI is InChI=1S/C23H21N3O3/c24-22(27)18-8-4-7-17(13-18)19-9-10-20(25-14-19)21-15-26(11-12-29-21)23(28)16-5-2-1-3-6-16/h1-10,13-14,21H,11-12,15H2,(H2,24,27)/t21-/m1/s1. The molecule has 1 aromatic heterocycles. The van der Waals surface area contributed by atoms with E-state index in [1.807, 2.05) is 48.5 Å². The van der Waals surface area contributed by atoms with E-state index >= 15 is 0 Å². The number of primary amides is 1. The van der Waals surface area contributed by atoms with Crippen molar-refractivity contribution in [1.82, 2.24) is 9.88 Å². The number of rotatable bonds is 4. The molecule has 0 radical (unpaired) electrons. The summed E-state index contributed by atoms with van der Waals surface area (Å²) < 4.78 is 5.86. The molecule has 6 nitrogen and oxygen atoms in total. The third kappa shape index (κ3) is 4.17. The first-order chi connectivity index (χ1) is 14.1. The first-order valence-electron chi connectivity index (χ1n) is 9.44. The molecule has 1 fully saturated rings. The van der Waals surface area contributed by atoms with Crippen LogP contribution in [0.1, 0.15) is 32.5 Å². The SMILES string of the molecule is NC(=O)c1cccc(-c2ccc([C@H]3CN(C(=O)c4ccccc4)CCO3)nc2)c1. The van der Waals surface area contributed by atoms with Crippen LogP contribution in [0, 0.1) is 0 Å². The van der Waals surface area contributed by atoms with E-state index in [4.69, 9.17) is 10.5 Å². The normalized spacial score (nSPS) is 16.4. The van der Waals surface area contributed by atoms with Crippen LogP contribution in [0.2, 0.25) is 0 Å². The Kier molecular flexibility index (Phi) is 5.35. The van der Waals surface area contributed by atoms with E-state index < -0.39 is 5.91 Å². The lowest BCUT2D eigenvalue weighted by molar-refractivity contribution is -0.0247. The van der Waals surface area contributed by atoms with Gasteiger partial charge in [0.05, 0.1) is 18.8 Å². The average molecular weight is 387 g/mol. The summed E-state index contributed by atoms with van der Waals surface area (Å²) in [6, 6.07) is 20.2. The zero-order valence-electron chi connectivity index (χ0n) is 15.8. The Hall–Kier alpha value is -3.51. The average Bonchev–Trinajstić information content (AvgIpc) is 2.79. The summed E-state index contributed by atoms with van der Waals surface area (Å²) in [6.07, 6.45) is 1.47. The number of carbonyl (C=O) groups excluding carboxylic acids is 2. The Bertz CT molecular complexity index is 1020. The highest BCUT2D eigenvalue weighted by molar-refractivity contribution is 5.94. The molecular formula is C23H21N3O3. The van der Waals surface area contributed by atoms with Gasteiger partial charge in [0.2, 0.25) is 5.91 Å². The summed E-state index contributed by atoms with van der Waals surface area (Å²) in [6.45, 7) is 1.48. The van der Waals surface area contributed by atoms with Gasteiger partial charge in [-0.2, -0.15) is 0 Å². The number of hydrogen-bond acceptors (Lipinski definition) is 4. The molecule has 1 saturated heterocycles. The predicted molar refractivity (Wildman–Crippen MR) is 109 cm³/mol. The van der Waals surface area contributed by atoms with Gasteiger partial charge in [-0.05, 0) is 35.9 Å². The fourth-order valence-electron chi connectivity index (χ4n) is 3.39. The zero-order valence-corrected chi connectivity index (χ0v) is 15.8. The van der Waals surface area contributed by atoms with Crippen LogP contribution >= 0.6 is 0 Å². The van der Waals surface area contributed by atoms with Crippen LogP contribution in [0.3, 0.4) is 0 Å². The van der Waals surface area contributed by atoms with Gasteiger partial charge in [0.25, 0.3) is 5.91 Å². The van der Waals surface area contributed by atoms with Gasteiger partial charge < -0.3 is 15.4 Å². The number of hydrogen-bond donors (Lipinski definition) is 1. The number of amides is 2. The second-order valence-corrected chi connectivity index (χ2v) is 6.89. The molecule has 6 heteroatoms. The Balaban J connectivity index is 1.49. The van der Waals surface area contributed by atoms with Crippen LogP contribution in [-0.4, -0.2) is 41.4 Å². The number of aromatic nitrogens is 1. The quantitative estimate of drug-likeness (QED) is 0.746. The molecule has 146 valence electrons. The minimum Gasteiger partial charge on any atom is -0.368 e. The van der Waals surface area contributed by atoms with Gasteiger partial charge in [0.15, 0.2) is 0 Å². The van der Waals surface area contributed by atoms with Crippen LogP contribution in [0.5, 0.6) is 0 Å². The van der Waals surface area contributed by atoms with Crippen molar-refractivity contribution in [3.63, 3.8) is 0 Å². The van der Waals surface area contributed by atoms with Gasteiger partial charge in [-0.3, -0.25) is 14.6 Å². The third-order valence-electron chi connectivity index (χ3n) is 4.97. The number of ether oxygens (including phenoxy) is 1. The van der Waals surface area contributed by atoms with Crippen LogP contribution in [0.4, 0.5) is 0 Å². The lowest BCUT2D eigenvalue weighted by Gasteiger charge is -2.32. The van der Waals surface area contributed by atoms with Crippen LogP contribution in [-0.2, 0) is 4.74 Å². The van der Waals surface area contributed by atoms with E-state index in [2.05, 4.69) is 4.98 Å². The van der Waals surface area contributed by atoms with Gasteiger partial charge in [0, 0.05) is 29.4 Å². The van der Waals surface area contributed by atoms with Crippen molar-refractivity contribution in [2.24, 2.45) is 5.73 Å². The summed E-state index contributed by atoms with van der Waals surface area (Å²) >= 11 is 0. The summed E-state index contributed by atoms with van der Waals surface area (Å²) in [7, 11) is 0. The zero-order chi connectivity index (χ0) is 20.2. The van der Waals surface area contributed by atoms with Crippen molar-refractivity contribution in [1.29, 1.82) is 0 Å². The van der Waals surface area contributed by atoms with Crippen molar-refractivity contribution < 1.29 is 14.3 Å². The molecule has 0 aliphatic carbocycles. The molecule has 2 N–H and O–H groups in total. The van der Waals surface area contributed by atoms with Crippen LogP contribution in [0.25, 0.3) is 11.1 Å². The van der Waals surface area contributed by atoms with E-state index in [-0.39, 0.29) is 12.0 Å². The maximum absolute atomic E-state index is 12.7. The number of benzene rings is 2. The monoisotopic (exact) mass is 387 g/mol. The summed E-state index contributed by atoms with van der Waals surface area (Å²) in [4.78, 5) is 30.4. The van der Waals surface area contributed by atoms with Crippen molar-refractivity contribution >= 4 is 11.8 Å². The number of morpholine rings is 1. The van der Waals surface area contributed by atoms with E-state index in [0.717, 1.165) is 16.8 Å². The molecule has 0 unspecified atom stereocenters. The number of carbonyl (C=O) groups is 2. The second kappa shape index (κ2) is 8.24. The molecule has 0 spiro atoms. The van der Waals surface area contributed by atoms with E-state index in [1.54, 1.807) is 29.3 Å². The van der Waals surface area contributed by atoms with Crippen molar-refractivity contribution in [2.75, 3.05) is 19.7 Å². The maximum Gasteiger partial charge on any atom is 0.254 e. The van der Waals surface area contributed by atoms with Crippen LogP contribution in [0.15, 0.2) is 72.9 Å². The van der Waals surface area contributed by atoms with Crippen molar-refractivity contribution in [3.8, 4) is 11.1 Å². The minimum atomic E-state index is -0.463. The van der Waals surface area contributed by atoms with Gasteiger partial charge in [-0.15, -0.1) is 0 Å². The molecule has 29 heavy (non-hydrogen) atoms. The molecule has 0 bridgehead atoms. The highest BCUT2D eigenvalue weighted by Crippen LogP contribution is 2.25. The van der Waals surface area contributed by atoms with Gasteiger partial charge in [-0.25, -0.2) is 0 Å². The van der Waals surface area contributed by atoms with Crippen molar-refractivity contribution in [2.45, 2.75) is 6.10 Å².